The normalized spacial score (nSPS) is 15.3. The molecule has 570 valence electrons. The first kappa shape index (κ1) is 81.6. The lowest BCUT2D eigenvalue weighted by Crippen LogP contribution is -2.42. The van der Waals surface area contributed by atoms with E-state index in [9.17, 15) is 9.59 Å². The van der Waals surface area contributed by atoms with Gasteiger partial charge in [0.2, 0.25) is 17.8 Å². The van der Waals surface area contributed by atoms with Gasteiger partial charge in [-0.15, -0.1) is 0 Å². The second kappa shape index (κ2) is 38.3. The van der Waals surface area contributed by atoms with Gasteiger partial charge in [-0.3, -0.25) is 0 Å². The SMILES string of the molecule is CC(C)(C)OC(=O)N1CCC(C=N)=C(N)C1.CC[C@@H]1CCCC[C@H]1NC.CNc1cc(C)nc(Nc2ccc(OC)c(-n3cc4c(n3)CN(C(=O)OC(C)(C)C)CC4)c2)n1.CNc1cc(C)nc(Nc2ccc(OC)c(-n3cc4c(n3)CNCC4)c2)n1.CNc1cc(C)nc(Nc2ccc(OC)c(I)c2)n1. The van der Waals surface area contributed by atoms with Gasteiger partial charge in [0.25, 0.3) is 0 Å². The fraction of sp³-hybridized carbons (Fsp3) is 0.461. The lowest BCUT2D eigenvalue weighted by Gasteiger charge is -2.30. The van der Waals surface area contributed by atoms with Crippen molar-refractivity contribution in [1.29, 1.82) is 5.41 Å². The topological polar surface area (TPSA) is 346 Å². The number of amides is 2. The first-order valence-electron chi connectivity index (χ1n) is 35.7. The number of hydrogen-bond donors (Lipinski definition) is 10. The van der Waals surface area contributed by atoms with Crippen LogP contribution >= 0.6 is 22.6 Å². The Hall–Kier alpha value is -10.1. The van der Waals surface area contributed by atoms with Crippen LogP contribution in [0.4, 0.5) is 61.9 Å². The highest BCUT2D eigenvalue weighted by Crippen LogP contribution is 2.33. The fourth-order valence-electron chi connectivity index (χ4n) is 12.1. The Balaban J connectivity index is 0.000000176. The molecule has 5 aromatic heterocycles. The Bertz CT molecular complexity index is 4270. The number of nitrogens with two attached hydrogens (primary N) is 1. The fourth-order valence-corrected chi connectivity index (χ4v) is 12.8. The number of ether oxygens (including phenoxy) is 5. The van der Waals surface area contributed by atoms with Gasteiger partial charge in [-0.05, 0) is 208 Å². The van der Waals surface area contributed by atoms with Crippen molar-refractivity contribution in [3.05, 3.63) is 140 Å². The third-order valence-corrected chi connectivity index (χ3v) is 18.3. The summed E-state index contributed by atoms with van der Waals surface area (Å²) in [5.41, 5.74) is 17.3. The molecular weight excluding hydrogens is 1460 g/mol. The largest absolute Gasteiger partial charge is 0.496 e. The molecule has 0 radical (unpaired) electrons. The van der Waals surface area contributed by atoms with Crippen molar-refractivity contribution < 1.29 is 33.3 Å². The summed E-state index contributed by atoms with van der Waals surface area (Å²) < 4.78 is 31.9. The lowest BCUT2D eigenvalue weighted by atomic mass is 9.83. The van der Waals surface area contributed by atoms with E-state index < -0.39 is 11.2 Å². The first-order chi connectivity index (χ1) is 50.6. The maximum atomic E-state index is 12.5. The quantitative estimate of drug-likeness (QED) is 0.0299. The van der Waals surface area contributed by atoms with Gasteiger partial charge in [0.15, 0.2) is 0 Å². The molecule has 3 aliphatic heterocycles. The molecule has 0 bridgehead atoms. The van der Waals surface area contributed by atoms with Crippen molar-refractivity contribution in [2.45, 2.75) is 151 Å². The van der Waals surface area contributed by atoms with E-state index in [-0.39, 0.29) is 12.2 Å². The van der Waals surface area contributed by atoms with Crippen LogP contribution in [0.2, 0.25) is 0 Å². The summed E-state index contributed by atoms with van der Waals surface area (Å²) in [5.74, 6) is 7.15. The molecule has 3 aromatic carbocycles. The molecule has 0 unspecified atom stereocenters. The summed E-state index contributed by atoms with van der Waals surface area (Å²) in [4.78, 5) is 54.0. The molecule has 12 rings (SSSR count). The Kier molecular flexibility index (Phi) is 29.5. The van der Waals surface area contributed by atoms with Crippen molar-refractivity contribution in [3.8, 4) is 28.6 Å². The minimum atomic E-state index is -0.535. The maximum absolute atomic E-state index is 12.5. The van der Waals surface area contributed by atoms with E-state index >= 15 is 0 Å². The van der Waals surface area contributed by atoms with Crippen LogP contribution < -0.4 is 62.5 Å². The predicted molar refractivity (Wildman–Crippen MR) is 428 cm³/mol. The number of anilines is 9. The van der Waals surface area contributed by atoms with Crippen LogP contribution in [0.1, 0.15) is 127 Å². The molecule has 8 heterocycles. The number of carbonyl (C=O) groups is 2. The van der Waals surface area contributed by atoms with Gasteiger partial charge < -0.3 is 87.2 Å². The predicted octanol–water partition coefficient (Wildman–Crippen LogP) is 13.3. The molecule has 0 saturated heterocycles. The van der Waals surface area contributed by atoms with Gasteiger partial charge in [-0.25, -0.2) is 33.9 Å². The Morgan fingerprint density at radius 2 is 1.05 bits per heavy atom. The first-order valence-corrected chi connectivity index (χ1v) is 36.8. The minimum absolute atomic E-state index is 0.324. The number of aromatic nitrogens is 10. The number of nitrogens with zero attached hydrogens (tertiary/aromatic N) is 12. The van der Waals surface area contributed by atoms with Crippen molar-refractivity contribution in [1.82, 2.24) is 69.9 Å². The van der Waals surface area contributed by atoms with E-state index in [2.05, 4.69) is 115 Å². The zero-order chi connectivity index (χ0) is 76.8. The van der Waals surface area contributed by atoms with Gasteiger partial charge >= 0.3 is 12.2 Å². The molecule has 2 amide bonds. The highest BCUT2D eigenvalue weighted by atomic mass is 127. The number of fused-ring (bicyclic) bond motifs is 2. The summed E-state index contributed by atoms with van der Waals surface area (Å²) >= 11 is 2.23. The van der Waals surface area contributed by atoms with Crippen molar-refractivity contribution in [3.63, 3.8) is 0 Å². The van der Waals surface area contributed by atoms with E-state index in [1.807, 2.05) is 167 Å². The van der Waals surface area contributed by atoms with Gasteiger partial charge in [-0.2, -0.15) is 25.1 Å². The van der Waals surface area contributed by atoms with Crippen molar-refractivity contribution in [2.24, 2.45) is 11.7 Å². The molecule has 8 aromatic rings. The molecule has 4 aliphatic rings. The Morgan fingerprint density at radius 3 is 1.46 bits per heavy atom. The molecule has 30 heteroatoms. The monoisotopic (exact) mass is 1570 g/mol. The highest BCUT2D eigenvalue weighted by Gasteiger charge is 2.30. The molecule has 2 atom stereocenters. The van der Waals surface area contributed by atoms with E-state index in [0.717, 1.165) is 132 Å². The maximum Gasteiger partial charge on any atom is 0.410 e. The summed E-state index contributed by atoms with van der Waals surface area (Å²) in [7, 11) is 12.5. The zero-order valence-electron chi connectivity index (χ0n) is 64.4. The third-order valence-electron chi connectivity index (χ3n) is 17.4. The molecule has 106 heavy (non-hydrogen) atoms. The van der Waals surface area contributed by atoms with Crippen LogP contribution in [0.15, 0.2) is 96.5 Å². The standard InChI is InChI=1S/C24H31N7O3.C19H23N7O.C13H15IN4O.C11H19N3O2.C9H19N/c1-15-11-21(25-5)28-22(26-15)27-17-7-8-20(33-6)19(12-17)31-13-16-9-10-30(14-18(16)29-31)23(32)34-24(2,3)4;1-12-8-18(20-2)24-19(22-12)23-14-4-5-17(27-3)16(9-14)26-11-13-6-7-21-10-15(13)25-26;1-8-6-12(15-2)18-13(16-8)17-9-4-5-11(19-3)10(14)7-9;1-11(2,3)16-10(15)14-5-4-8(6-12)9(13)7-14;1-3-8-6-4-5-7-9(8)10-2/h7-8,11-13H,9-10,14H2,1-6H3,(H2,25,26,27,28);4-5,8-9,11,21H,6-7,10H2,1-3H3,(H2,20,22,23,24);4-7H,1-3H3,(H2,15,16,17,18);6,12H,4-5,7,13H2,1-3H3;8-10H,3-7H2,1-2H3/t;;;;8-,9-/m....1/s1. The van der Waals surface area contributed by atoms with Crippen molar-refractivity contribution >= 4 is 93.4 Å². The van der Waals surface area contributed by atoms with Crippen LogP contribution in [0.3, 0.4) is 0 Å². The average Bonchev–Trinajstić information content (AvgIpc) is 1.63. The van der Waals surface area contributed by atoms with Gasteiger partial charge in [0.05, 0.1) is 49.4 Å². The smallest absolute Gasteiger partial charge is 0.410 e. The highest BCUT2D eigenvalue weighted by molar-refractivity contribution is 14.1. The number of aryl methyl sites for hydroxylation is 3. The number of benzene rings is 3. The number of hydrogen-bond acceptors (Lipinski definition) is 25. The van der Waals surface area contributed by atoms with Crippen LogP contribution in [0, 0.1) is 35.7 Å². The lowest BCUT2D eigenvalue weighted by molar-refractivity contribution is 0.0219. The minimum Gasteiger partial charge on any atom is -0.496 e. The Morgan fingerprint density at radius 1 is 0.604 bits per heavy atom. The van der Waals surface area contributed by atoms with E-state index in [1.165, 1.54) is 43.9 Å². The molecular formula is C76H107IN22O7. The number of carbonyl (C=O) groups excluding carboxylic acids is 2. The van der Waals surface area contributed by atoms with Gasteiger partial charge in [-0.1, -0.05) is 26.2 Å². The van der Waals surface area contributed by atoms with E-state index in [4.69, 9.17) is 45.0 Å². The number of rotatable bonds is 17. The molecule has 1 saturated carbocycles. The van der Waals surface area contributed by atoms with Crippen LogP contribution in [0.25, 0.3) is 11.4 Å². The summed E-state index contributed by atoms with van der Waals surface area (Å²) in [6.45, 7) is 22.9. The van der Waals surface area contributed by atoms with Crippen LogP contribution in [-0.2, 0) is 35.4 Å². The number of halogens is 1. The molecule has 1 aliphatic carbocycles. The molecule has 29 nitrogen and oxygen atoms in total. The molecule has 0 spiro atoms. The van der Waals surface area contributed by atoms with Crippen molar-refractivity contribution in [2.75, 3.05) is 108 Å². The van der Waals surface area contributed by atoms with E-state index in [0.29, 0.717) is 68.3 Å². The molecule has 11 N–H and O–H groups in total. The van der Waals surface area contributed by atoms with Crippen LogP contribution in [-0.4, -0.2) is 171 Å². The van der Waals surface area contributed by atoms with Crippen LogP contribution in [0.5, 0.6) is 17.2 Å². The number of methoxy groups -OCH3 is 3. The molecule has 1 fully saturated rings. The summed E-state index contributed by atoms with van der Waals surface area (Å²) in [6.07, 6.45) is 14.1. The second-order valence-corrected chi connectivity index (χ2v) is 28.9. The van der Waals surface area contributed by atoms with Gasteiger partial charge in [0.1, 0.15) is 57.3 Å². The summed E-state index contributed by atoms with van der Waals surface area (Å²) in [5, 5.41) is 42.2. The number of nitrogens with one attached hydrogen (secondary N) is 9. The third kappa shape index (κ3) is 23.7. The van der Waals surface area contributed by atoms with E-state index in [1.54, 1.807) is 35.8 Å². The zero-order valence-corrected chi connectivity index (χ0v) is 66.6. The average molecular weight is 1570 g/mol. The summed E-state index contributed by atoms with van der Waals surface area (Å²) in [6, 6.07) is 23.9. The van der Waals surface area contributed by atoms with Gasteiger partial charge in [0, 0.05) is 123 Å². The Labute approximate surface area is 636 Å². The second-order valence-electron chi connectivity index (χ2n) is 27.8.